The fourth-order valence-corrected chi connectivity index (χ4v) is 4.76. The van der Waals surface area contributed by atoms with E-state index in [9.17, 15) is 9.59 Å². The minimum absolute atomic E-state index is 0.00714. The van der Waals surface area contributed by atoms with Gasteiger partial charge in [-0.3, -0.25) is 9.59 Å². The van der Waals surface area contributed by atoms with Gasteiger partial charge >= 0.3 is 0 Å². The zero-order chi connectivity index (χ0) is 19.7. The molecule has 0 bridgehead atoms. The molecule has 0 unspecified atom stereocenters. The fraction of sp³-hybridized carbons (Fsp3) is 0.565. The number of nitrogens with one attached hydrogen (secondary N) is 1. The number of nitrogens with zero attached hydrogens (tertiary/aromatic N) is 2. The Balaban J connectivity index is 1.70. The van der Waals surface area contributed by atoms with E-state index in [4.69, 9.17) is 0 Å². The van der Waals surface area contributed by atoms with Crippen LogP contribution in [-0.2, 0) is 11.3 Å². The lowest BCUT2D eigenvalue weighted by Gasteiger charge is -2.45. The summed E-state index contributed by atoms with van der Waals surface area (Å²) in [5.74, 6) is -0.0375. The predicted octanol–water partition coefficient (Wildman–Crippen LogP) is 4.10. The van der Waals surface area contributed by atoms with E-state index in [0.717, 1.165) is 36.6 Å². The molecule has 1 atom stereocenters. The molecule has 2 aromatic rings. The summed E-state index contributed by atoms with van der Waals surface area (Å²) in [6, 6.07) is 10.3. The van der Waals surface area contributed by atoms with Crippen LogP contribution in [0, 0.1) is 0 Å². The fourth-order valence-electron chi connectivity index (χ4n) is 4.76. The quantitative estimate of drug-likeness (QED) is 0.848. The summed E-state index contributed by atoms with van der Waals surface area (Å²) < 4.78 is 2.04. The first-order chi connectivity index (χ1) is 13.5. The Morgan fingerprint density at radius 3 is 2.71 bits per heavy atom. The maximum absolute atomic E-state index is 13.5. The third kappa shape index (κ3) is 3.21. The van der Waals surface area contributed by atoms with Crippen molar-refractivity contribution in [2.24, 2.45) is 0 Å². The van der Waals surface area contributed by atoms with Crippen molar-refractivity contribution in [3.63, 3.8) is 0 Å². The van der Waals surface area contributed by atoms with Crippen molar-refractivity contribution in [2.45, 2.75) is 76.9 Å². The Labute approximate surface area is 167 Å². The molecule has 1 aromatic heterocycles. The molecular weight excluding hydrogens is 350 g/mol. The number of amides is 2. The molecule has 5 heteroatoms. The van der Waals surface area contributed by atoms with Crippen molar-refractivity contribution >= 4 is 22.7 Å². The summed E-state index contributed by atoms with van der Waals surface area (Å²) in [5, 5.41) is 4.33. The third-order valence-electron chi connectivity index (χ3n) is 6.50. The number of fused-ring (bicyclic) bond motifs is 3. The highest BCUT2D eigenvalue weighted by Crippen LogP contribution is 2.33. The number of benzene rings is 1. The second kappa shape index (κ2) is 7.61. The van der Waals surface area contributed by atoms with Crippen LogP contribution < -0.4 is 5.32 Å². The van der Waals surface area contributed by atoms with Crippen LogP contribution in [0.25, 0.3) is 10.9 Å². The number of unbranched alkanes of at least 4 members (excludes halogenated alkanes) is 1. The molecule has 1 aromatic carbocycles. The molecule has 0 radical (unpaired) electrons. The number of para-hydroxylation sites is 1. The van der Waals surface area contributed by atoms with Crippen LogP contribution in [-0.4, -0.2) is 39.4 Å². The number of hydrogen-bond donors (Lipinski definition) is 1. The molecule has 0 saturated heterocycles. The van der Waals surface area contributed by atoms with Gasteiger partial charge < -0.3 is 14.8 Å². The van der Waals surface area contributed by atoms with Crippen molar-refractivity contribution < 1.29 is 9.59 Å². The molecular formula is C23H31N3O2. The van der Waals surface area contributed by atoms with Gasteiger partial charge in [-0.25, -0.2) is 0 Å². The predicted molar refractivity (Wildman–Crippen MR) is 111 cm³/mol. The number of rotatable bonds is 5. The summed E-state index contributed by atoms with van der Waals surface area (Å²) in [6.07, 6.45) is 7.58. The van der Waals surface area contributed by atoms with Gasteiger partial charge in [0.1, 0.15) is 11.2 Å². The lowest BCUT2D eigenvalue weighted by atomic mass is 9.91. The van der Waals surface area contributed by atoms with E-state index in [2.05, 4.69) is 12.2 Å². The van der Waals surface area contributed by atoms with Crippen molar-refractivity contribution in [3.8, 4) is 0 Å². The molecule has 1 N–H and O–H groups in total. The van der Waals surface area contributed by atoms with Crippen LogP contribution in [0.4, 0.5) is 0 Å². The van der Waals surface area contributed by atoms with E-state index in [1.165, 1.54) is 19.3 Å². The highest BCUT2D eigenvalue weighted by atomic mass is 16.2. The summed E-state index contributed by atoms with van der Waals surface area (Å²) in [5.41, 5.74) is 0.858. The summed E-state index contributed by atoms with van der Waals surface area (Å²) in [6.45, 7) is 5.18. The SMILES string of the molecule is CCCCN1C(=O)c2cc3ccccc3n2C[C@@]1(C)C(=O)NC1CCCCC1. The van der Waals surface area contributed by atoms with E-state index in [-0.39, 0.29) is 17.9 Å². The maximum atomic E-state index is 13.5. The first-order valence-corrected chi connectivity index (χ1v) is 10.8. The number of aromatic nitrogens is 1. The number of hydrogen-bond acceptors (Lipinski definition) is 2. The molecule has 1 saturated carbocycles. The van der Waals surface area contributed by atoms with Gasteiger partial charge in [-0.15, -0.1) is 0 Å². The Morgan fingerprint density at radius 2 is 1.96 bits per heavy atom. The normalized spacial score (nSPS) is 23.1. The Hall–Kier alpha value is -2.30. The average Bonchev–Trinajstić information content (AvgIpc) is 3.07. The highest BCUT2D eigenvalue weighted by Gasteiger charge is 2.47. The summed E-state index contributed by atoms with van der Waals surface area (Å²) >= 11 is 0. The van der Waals surface area contributed by atoms with Crippen LogP contribution in [0.15, 0.2) is 30.3 Å². The van der Waals surface area contributed by atoms with E-state index >= 15 is 0 Å². The minimum atomic E-state index is -0.863. The monoisotopic (exact) mass is 381 g/mol. The summed E-state index contributed by atoms with van der Waals surface area (Å²) in [4.78, 5) is 28.7. The zero-order valence-electron chi connectivity index (χ0n) is 17.0. The van der Waals surface area contributed by atoms with Crippen LogP contribution in [0.2, 0.25) is 0 Å². The van der Waals surface area contributed by atoms with Gasteiger partial charge in [-0.05, 0) is 38.3 Å². The molecule has 0 spiro atoms. The molecule has 5 nitrogen and oxygen atoms in total. The largest absolute Gasteiger partial charge is 0.351 e. The van der Waals surface area contributed by atoms with Crippen molar-refractivity contribution in [1.82, 2.24) is 14.8 Å². The lowest BCUT2D eigenvalue weighted by Crippen LogP contribution is -2.65. The first-order valence-electron chi connectivity index (χ1n) is 10.8. The lowest BCUT2D eigenvalue weighted by molar-refractivity contribution is -0.133. The molecule has 1 aliphatic heterocycles. The highest BCUT2D eigenvalue weighted by molar-refractivity contribution is 6.03. The van der Waals surface area contributed by atoms with Crippen LogP contribution in [0.5, 0.6) is 0 Å². The molecule has 4 rings (SSSR count). The van der Waals surface area contributed by atoms with Crippen molar-refractivity contribution in [1.29, 1.82) is 0 Å². The Bertz CT molecular complexity index is 881. The van der Waals surface area contributed by atoms with Gasteiger partial charge in [-0.1, -0.05) is 50.8 Å². The van der Waals surface area contributed by atoms with E-state index in [1.807, 2.05) is 46.7 Å². The van der Waals surface area contributed by atoms with Gasteiger partial charge in [0.25, 0.3) is 5.91 Å². The van der Waals surface area contributed by atoms with Gasteiger partial charge in [0.15, 0.2) is 0 Å². The number of carbonyl (C=O) groups excluding carboxylic acids is 2. The summed E-state index contributed by atoms with van der Waals surface area (Å²) in [7, 11) is 0. The average molecular weight is 382 g/mol. The smallest absolute Gasteiger partial charge is 0.271 e. The maximum Gasteiger partial charge on any atom is 0.271 e. The van der Waals surface area contributed by atoms with Crippen LogP contribution in [0.3, 0.4) is 0 Å². The standard InChI is InChI=1S/C23H31N3O2/c1-3-4-14-26-21(27)20-15-17-10-8-9-13-19(17)25(20)16-23(26,2)22(28)24-18-11-6-5-7-12-18/h8-10,13,15,18H,3-7,11-12,14,16H2,1-2H3,(H,24,28)/t23-/m0/s1. The van der Waals surface area contributed by atoms with Gasteiger partial charge in [-0.2, -0.15) is 0 Å². The van der Waals surface area contributed by atoms with E-state index in [0.29, 0.717) is 18.8 Å². The van der Waals surface area contributed by atoms with Gasteiger partial charge in [0.2, 0.25) is 5.91 Å². The molecule has 2 heterocycles. The van der Waals surface area contributed by atoms with E-state index < -0.39 is 5.54 Å². The van der Waals surface area contributed by atoms with Gasteiger partial charge in [0.05, 0.1) is 6.54 Å². The zero-order valence-corrected chi connectivity index (χ0v) is 17.0. The van der Waals surface area contributed by atoms with Crippen LogP contribution >= 0.6 is 0 Å². The second-order valence-corrected chi connectivity index (χ2v) is 8.57. The molecule has 150 valence electrons. The molecule has 2 aliphatic rings. The van der Waals surface area contributed by atoms with Gasteiger partial charge in [0, 0.05) is 23.5 Å². The Morgan fingerprint density at radius 1 is 1.21 bits per heavy atom. The molecule has 1 fully saturated rings. The molecule has 1 aliphatic carbocycles. The third-order valence-corrected chi connectivity index (χ3v) is 6.50. The Kier molecular flexibility index (Phi) is 5.17. The topological polar surface area (TPSA) is 54.3 Å². The van der Waals surface area contributed by atoms with Crippen LogP contribution in [0.1, 0.15) is 69.3 Å². The first kappa shape index (κ1) is 19.0. The van der Waals surface area contributed by atoms with Crippen molar-refractivity contribution in [3.05, 3.63) is 36.0 Å². The van der Waals surface area contributed by atoms with Crippen molar-refractivity contribution in [2.75, 3.05) is 6.54 Å². The number of carbonyl (C=O) groups is 2. The minimum Gasteiger partial charge on any atom is -0.351 e. The second-order valence-electron chi connectivity index (χ2n) is 8.57. The molecule has 28 heavy (non-hydrogen) atoms. The van der Waals surface area contributed by atoms with E-state index in [1.54, 1.807) is 0 Å². The molecule has 2 amide bonds.